The smallest absolute Gasteiger partial charge is 0.164 e. The fraction of sp³-hybridized carbons (Fsp3) is 0. The minimum Gasteiger partial charge on any atom is -0.208 e. The van der Waals surface area contributed by atoms with Crippen LogP contribution in [0.25, 0.3) is 130 Å². The van der Waals surface area contributed by atoms with Crippen LogP contribution in [0, 0.1) is 0 Å². The van der Waals surface area contributed by atoms with Crippen molar-refractivity contribution in [3.05, 3.63) is 188 Å². The number of benzene rings is 10. The van der Waals surface area contributed by atoms with Crippen molar-refractivity contribution in [2.45, 2.75) is 0 Å². The van der Waals surface area contributed by atoms with Crippen LogP contribution in [0.5, 0.6) is 0 Å². The lowest BCUT2D eigenvalue weighted by molar-refractivity contribution is 1.07. The molecule has 3 nitrogen and oxygen atoms in total. The molecule has 0 fully saturated rings. The number of fused-ring (bicyclic) bond motifs is 5. The Hall–Kier alpha value is -7.53. The first-order chi connectivity index (χ1) is 29.2. The molecule has 11 aromatic carbocycles. The highest BCUT2D eigenvalue weighted by Gasteiger charge is 2.20. The van der Waals surface area contributed by atoms with E-state index in [0.29, 0.717) is 17.5 Å². The Kier molecular flexibility index (Phi) is 6.89. The van der Waals surface area contributed by atoms with Gasteiger partial charge < -0.3 is 0 Å². The molecule has 0 aliphatic rings. The van der Waals surface area contributed by atoms with Gasteiger partial charge in [0.1, 0.15) is 0 Å². The molecule has 0 saturated carbocycles. The Morgan fingerprint density at radius 3 is 1.51 bits per heavy atom. The summed E-state index contributed by atoms with van der Waals surface area (Å²) in [5, 5.41) is 17.7. The van der Waals surface area contributed by atoms with Gasteiger partial charge in [0.05, 0.1) is 0 Å². The highest BCUT2D eigenvalue weighted by atomic mass is 32.1. The van der Waals surface area contributed by atoms with E-state index in [1.807, 2.05) is 18.2 Å². The van der Waals surface area contributed by atoms with Gasteiger partial charge in [-0.25, -0.2) is 15.0 Å². The van der Waals surface area contributed by atoms with Crippen LogP contribution in [0.4, 0.5) is 0 Å². The normalized spacial score (nSPS) is 12.1. The highest BCUT2D eigenvalue weighted by molar-refractivity contribution is 7.25. The molecule has 2 heterocycles. The Morgan fingerprint density at radius 1 is 0.271 bits per heavy atom. The van der Waals surface area contributed by atoms with E-state index in [-0.39, 0.29) is 0 Å². The predicted molar refractivity (Wildman–Crippen MR) is 251 cm³/mol. The summed E-state index contributed by atoms with van der Waals surface area (Å²) in [6.07, 6.45) is 0. The van der Waals surface area contributed by atoms with Crippen molar-refractivity contribution in [1.29, 1.82) is 0 Å². The molecule has 272 valence electrons. The molecule has 0 atom stereocenters. The molecule has 0 aliphatic carbocycles. The van der Waals surface area contributed by atoms with Crippen molar-refractivity contribution in [2.75, 3.05) is 0 Å². The quantitative estimate of drug-likeness (QED) is 0.168. The van der Waals surface area contributed by atoms with Crippen molar-refractivity contribution in [3.63, 3.8) is 0 Å². The maximum absolute atomic E-state index is 5.29. The largest absolute Gasteiger partial charge is 0.208 e. The average molecular weight is 766 g/mol. The van der Waals surface area contributed by atoms with Gasteiger partial charge in [0.15, 0.2) is 17.5 Å². The van der Waals surface area contributed by atoms with Gasteiger partial charge in [0, 0.05) is 36.9 Å². The minimum atomic E-state index is 0.644. The summed E-state index contributed by atoms with van der Waals surface area (Å²) in [5.41, 5.74) is 5.07. The first-order valence-electron chi connectivity index (χ1n) is 20.0. The van der Waals surface area contributed by atoms with Gasteiger partial charge in [-0.15, -0.1) is 11.3 Å². The van der Waals surface area contributed by atoms with E-state index in [2.05, 4.69) is 170 Å². The lowest BCUT2D eigenvalue weighted by Gasteiger charge is -2.18. The monoisotopic (exact) mass is 765 g/mol. The van der Waals surface area contributed by atoms with Gasteiger partial charge in [-0.1, -0.05) is 164 Å². The van der Waals surface area contributed by atoms with Crippen molar-refractivity contribution >= 4 is 96.1 Å². The molecule has 0 amide bonds. The Bertz CT molecular complexity index is 3840. The average Bonchev–Trinajstić information content (AvgIpc) is 3.68. The van der Waals surface area contributed by atoms with Crippen LogP contribution in [-0.2, 0) is 0 Å². The molecule has 2 aromatic heterocycles. The number of hydrogen-bond donors (Lipinski definition) is 0. The topological polar surface area (TPSA) is 38.7 Å². The second kappa shape index (κ2) is 12.5. The molecule has 0 aliphatic heterocycles. The van der Waals surface area contributed by atoms with Gasteiger partial charge in [-0.3, -0.25) is 0 Å². The van der Waals surface area contributed by atoms with Crippen LogP contribution >= 0.6 is 11.3 Å². The van der Waals surface area contributed by atoms with Crippen LogP contribution in [0.2, 0.25) is 0 Å². The van der Waals surface area contributed by atoms with Crippen molar-refractivity contribution < 1.29 is 0 Å². The zero-order chi connectivity index (χ0) is 38.6. The Morgan fingerprint density at radius 2 is 0.797 bits per heavy atom. The fourth-order valence-corrected chi connectivity index (χ4v) is 10.7. The molecule has 0 spiro atoms. The lowest BCUT2D eigenvalue weighted by atomic mass is 9.86. The first-order valence-corrected chi connectivity index (χ1v) is 20.8. The number of nitrogens with zero attached hydrogens (tertiary/aromatic N) is 3. The fourth-order valence-electron chi connectivity index (χ4n) is 9.58. The van der Waals surface area contributed by atoms with Crippen LogP contribution in [-0.4, -0.2) is 15.0 Å². The molecule has 0 saturated heterocycles. The summed E-state index contributed by atoms with van der Waals surface area (Å²) in [4.78, 5) is 15.6. The summed E-state index contributed by atoms with van der Waals surface area (Å²) >= 11 is 1.80. The maximum atomic E-state index is 5.29. The zero-order valence-electron chi connectivity index (χ0n) is 31.6. The highest BCUT2D eigenvalue weighted by Crippen LogP contribution is 2.45. The molecule has 4 heteroatoms. The van der Waals surface area contributed by atoms with Crippen LogP contribution in [0.15, 0.2) is 188 Å². The predicted octanol–water partition coefficient (Wildman–Crippen LogP) is 15.3. The summed E-state index contributed by atoms with van der Waals surface area (Å²) in [6.45, 7) is 0. The second-order valence-electron chi connectivity index (χ2n) is 15.5. The summed E-state index contributed by atoms with van der Waals surface area (Å²) in [5.74, 6) is 1.95. The van der Waals surface area contributed by atoms with E-state index in [4.69, 9.17) is 15.0 Å². The van der Waals surface area contributed by atoms with Gasteiger partial charge in [-0.2, -0.15) is 0 Å². The summed E-state index contributed by atoms with van der Waals surface area (Å²) in [7, 11) is 0. The molecule has 0 N–H and O–H groups in total. The van der Waals surface area contributed by atoms with Gasteiger partial charge in [0.2, 0.25) is 0 Å². The third-order valence-corrected chi connectivity index (χ3v) is 13.3. The maximum Gasteiger partial charge on any atom is 0.164 e. The molecular formula is C55H31N3S. The minimum absolute atomic E-state index is 0.644. The van der Waals surface area contributed by atoms with Crippen LogP contribution in [0.1, 0.15) is 0 Å². The standard InChI is InChI=1S/C55H31N3S/c1-2-11-35(12-3-1)53-56-54(37-27-28-41-40-17-6-7-22-47(40)59-48(41)31-37)58-55(57-53)45-18-5-4-16-39(45)38-29-36-26-25-34-14-9-20-43-42-19-8-13-32-23-24-33-15-10-21-44(51(33)49(32)42)46(30-38)52(36)50(34)43/h1-31H. The van der Waals surface area contributed by atoms with E-state index in [0.717, 1.165) is 27.8 Å². The van der Waals surface area contributed by atoms with Gasteiger partial charge in [-0.05, 0) is 100 Å². The number of thiophene rings is 1. The number of hydrogen-bond acceptors (Lipinski definition) is 4. The zero-order valence-corrected chi connectivity index (χ0v) is 32.5. The summed E-state index contributed by atoms with van der Waals surface area (Å²) < 4.78 is 2.49. The Labute approximate surface area is 342 Å². The third kappa shape index (κ3) is 4.91. The van der Waals surface area contributed by atoms with Crippen molar-refractivity contribution in [3.8, 4) is 45.3 Å². The first kappa shape index (κ1) is 32.5. The van der Waals surface area contributed by atoms with Crippen molar-refractivity contribution in [1.82, 2.24) is 15.0 Å². The molecule has 59 heavy (non-hydrogen) atoms. The second-order valence-corrected chi connectivity index (χ2v) is 16.6. The molecule has 0 bridgehead atoms. The SMILES string of the molecule is c1ccc(-c2nc(-c3ccc4c(c3)sc3ccccc34)nc(-c3ccccc3-c3cc4ccc5cccc6c7cccc8ccc9cccc(c(c3)c4c56)c9c87)n2)cc1. The van der Waals surface area contributed by atoms with E-state index in [9.17, 15) is 0 Å². The Balaban J connectivity index is 1.09. The van der Waals surface area contributed by atoms with Gasteiger partial charge >= 0.3 is 0 Å². The number of aromatic nitrogens is 3. The number of rotatable bonds is 4. The molecular weight excluding hydrogens is 735 g/mol. The molecule has 13 aromatic rings. The van der Waals surface area contributed by atoms with Crippen LogP contribution < -0.4 is 0 Å². The van der Waals surface area contributed by atoms with Crippen molar-refractivity contribution in [2.24, 2.45) is 0 Å². The molecule has 0 radical (unpaired) electrons. The molecule has 13 rings (SSSR count). The summed E-state index contributed by atoms with van der Waals surface area (Å²) in [6, 6.07) is 68.2. The van der Waals surface area contributed by atoms with E-state index >= 15 is 0 Å². The lowest BCUT2D eigenvalue weighted by Crippen LogP contribution is -2.01. The van der Waals surface area contributed by atoms with Gasteiger partial charge in [0.25, 0.3) is 0 Å². The third-order valence-electron chi connectivity index (χ3n) is 12.2. The van der Waals surface area contributed by atoms with E-state index < -0.39 is 0 Å². The molecule has 0 unspecified atom stereocenters. The van der Waals surface area contributed by atoms with E-state index in [1.54, 1.807) is 11.3 Å². The van der Waals surface area contributed by atoms with Crippen LogP contribution in [0.3, 0.4) is 0 Å². The van der Waals surface area contributed by atoms with E-state index in [1.165, 1.54) is 84.8 Å².